The zero-order valence-corrected chi connectivity index (χ0v) is 23.2. The van der Waals surface area contributed by atoms with Crippen LogP contribution in [0.4, 0.5) is 0 Å². The maximum absolute atomic E-state index is 14.0. The number of nitrogens with zero attached hydrogens (tertiary/aromatic N) is 1. The predicted octanol–water partition coefficient (Wildman–Crippen LogP) is 5.33. The molecule has 5 rings (SSSR count). The third-order valence-electron chi connectivity index (χ3n) is 7.49. The number of hydrogen-bond donors (Lipinski definition) is 1. The maximum atomic E-state index is 14.0. The van der Waals surface area contributed by atoms with E-state index in [1.165, 1.54) is 0 Å². The second kappa shape index (κ2) is 10.2. The number of hydrogen-bond acceptors (Lipinski definition) is 4. The van der Waals surface area contributed by atoms with Crippen molar-refractivity contribution in [1.82, 2.24) is 9.29 Å². The number of rotatable bonds is 9. The lowest BCUT2D eigenvalue weighted by Crippen LogP contribution is -2.46. The van der Waals surface area contributed by atoms with Gasteiger partial charge >= 0.3 is 0 Å². The monoisotopic (exact) mass is 548 g/mol. The van der Waals surface area contributed by atoms with Crippen LogP contribution in [0.5, 0.6) is 0 Å². The van der Waals surface area contributed by atoms with E-state index in [2.05, 4.69) is 4.72 Å². The first kappa shape index (κ1) is 26.4. The van der Waals surface area contributed by atoms with Gasteiger partial charge < -0.3 is 4.57 Å². The lowest BCUT2D eigenvalue weighted by atomic mass is 9.93. The van der Waals surface area contributed by atoms with Crippen LogP contribution in [0.15, 0.2) is 107 Å². The molecule has 38 heavy (non-hydrogen) atoms. The fraction of sp³-hybridized carbons (Fsp3) is 0.267. The van der Waals surface area contributed by atoms with Crippen LogP contribution in [-0.4, -0.2) is 32.2 Å². The van der Waals surface area contributed by atoms with Crippen molar-refractivity contribution >= 4 is 30.8 Å². The van der Waals surface area contributed by atoms with Crippen molar-refractivity contribution in [3.05, 3.63) is 108 Å². The van der Waals surface area contributed by atoms with Gasteiger partial charge in [-0.2, -0.15) is 0 Å². The molecule has 1 N–H and O–H groups in total. The van der Waals surface area contributed by atoms with Crippen LogP contribution >= 0.6 is 0 Å². The van der Waals surface area contributed by atoms with E-state index in [4.69, 9.17) is 0 Å². The Balaban J connectivity index is 1.56. The lowest BCUT2D eigenvalue weighted by Gasteiger charge is -2.33. The molecule has 0 spiro atoms. The minimum Gasteiger partial charge on any atom is -0.350 e. The van der Waals surface area contributed by atoms with Crippen LogP contribution in [0.25, 0.3) is 10.9 Å². The van der Waals surface area contributed by atoms with E-state index in [9.17, 15) is 16.8 Å². The first-order valence-corrected chi connectivity index (χ1v) is 15.6. The highest BCUT2D eigenvalue weighted by atomic mass is 32.2. The van der Waals surface area contributed by atoms with Gasteiger partial charge in [-0.25, -0.2) is 21.6 Å². The fourth-order valence-corrected chi connectivity index (χ4v) is 8.79. The molecule has 8 heteroatoms. The number of fused-ring (bicyclic) bond motifs is 1. The Morgan fingerprint density at radius 3 is 2.16 bits per heavy atom. The number of aryl methyl sites for hydroxylation is 2. The van der Waals surface area contributed by atoms with E-state index < -0.39 is 30.6 Å². The summed E-state index contributed by atoms with van der Waals surface area (Å²) in [4.78, 5) is 0.421. The van der Waals surface area contributed by atoms with Crippen molar-refractivity contribution in [3.8, 4) is 0 Å². The molecule has 0 unspecified atom stereocenters. The Labute approximate surface area is 225 Å². The molecule has 3 aromatic carbocycles. The Morgan fingerprint density at radius 1 is 0.842 bits per heavy atom. The van der Waals surface area contributed by atoms with Gasteiger partial charge in [0.25, 0.3) is 0 Å². The van der Waals surface area contributed by atoms with E-state index >= 15 is 0 Å². The summed E-state index contributed by atoms with van der Waals surface area (Å²) >= 11 is 0. The molecule has 0 saturated carbocycles. The van der Waals surface area contributed by atoms with Crippen molar-refractivity contribution in [1.29, 1.82) is 0 Å². The van der Waals surface area contributed by atoms with Crippen LogP contribution in [0.2, 0.25) is 0 Å². The van der Waals surface area contributed by atoms with Crippen LogP contribution < -0.4 is 4.72 Å². The van der Waals surface area contributed by atoms with Crippen LogP contribution in [0, 0.1) is 6.92 Å². The molecule has 0 amide bonds. The van der Waals surface area contributed by atoms with E-state index in [0.717, 1.165) is 22.0 Å². The minimum absolute atomic E-state index is 0.144. The van der Waals surface area contributed by atoms with E-state index in [1.807, 2.05) is 61.2 Å². The second-order valence-electron chi connectivity index (χ2n) is 10.2. The number of benzene rings is 3. The Hall–Kier alpha value is -3.20. The smallest absolute Gasteiger partial charge is 0.240 e. The molecule has 198 valence electrons. The Bertz CT molecular complexity index is 1680. The molecule has 4 aromatic rings. The van der Waals surface area contributed by atoms with Gasteiger partial charge in [0.1, 0.15) is 0 Å². The summed E-state index contributed by atoms with van der Waals surface area (Å²) in [6, 6.07) is 22.5. The van der Waals surface area contributed by atoms with Gasteiger partial charge in [-0.05, 0) is 68.5 Å². The summed E-state index contributed by atoms with van der Waals surface area (Å²) in [7, 11) is -5.69. The quantitative estimate of drug-likeness (QED) is 0.287. The number of nitrogens with one attached hydrogen (secondary N) is 1. The van der Waals surface area contributed by atoms with Crippen molar-refractivity contribution in [3.63, 3.8) is 0 Å². The van der Waals surface area contributed by atoms with E-state index in [0.29, 0.717) is 19.3 Å². The molecule has 1 heterocycles. The molecule has 0 aliphatic heterocycles. The Morgan fingerprint density at radius 2 is 1.47 bits per heavy atom. The molecule has 1 atom stereocenters. The van der Waals surface area contributed by atoms with Gasteiger partial charge in [0, 0.05) is 30.2 Å². The molecule has 1 aromatic heterocycles. The summed E-state index contributed by atoms with van der Waals surface area (Å²) in [6.45, 7) is 1.90. The molecule has 6 nitrogen and oxygen atoms in total. The molecule has 1 aliphatic rings. The predicted molar refractivity (Wildman–Crippen MR) is 151 cm³/mol. The van der Waals surface area contributed by atoms with Gasteiger partial charge in [0.15, 0.2) is 9.84 Å². The van der Waals surface area contributed by atoms with Crippen LogP contribution in [-0.2, 0) is 33.3 Å². The molecule has 0 bridgehead atoms. The van der Waals surface area contributed by atoms with Gasteiger partial charge in [-0.15, -0.1) is 0 Å². The first-order chi connectivity index (χ1) is 18.1. The molecular formula is C30H32N2O4S2. The van der Waals surface area contributed by atoms with E-state index in [1.54, 1.807) is 54.6 Å². The summed E-state index contributed by atoms with van der Waals surface area (Å²) in [5.41, 5.74) is 2.97. The number of allylic oxidation sites excluding steroid dienone is 2. The molecular weight excluding hydrogens is 516 g/mol. The summed E-state index contributed by atoms with van der Waals surface area (Å²) in [5.74, 6) is 0. The molecule has 0 radical (unpaired) electrons. The summed E-state index contributed by atoms with van der Waals surface area (Å²) in [6.07, 6.45) is 6.96. The average Bonchev–Trinajstić information content (AvgIpc) is 3.50. The number of aromatic nitrogens is 1. The average molecular weight is 549 g/mol. The lowest BCUT2D eigenvalue weighted by molar-refractivity contribution is 0.429. The topological polar surface area (TPSA) is 85.2 Å². The zero-order valence-electron chi connectivity index (χ0n) is 21.5. The van der Waals surface area contributed by atoms with E-state index in [-0.39, 0.29) is 16.2 Å². The first-order valence-electron chi connectivity index (χ1n) is 12.7. The third kappa shape index (κ3) is 4.96. The zero-order chi connectivity index (χ0) is 27.0. The van der Waals surface area contributed by atoms with Gasteiger partial charge in [-0.3, -0.25) is 0 Å². The largest absolute Gasteiger partial charge is 0.350 e. The summed E-state index contributed by atoms with van der Waals surface area (Å²) in [5, 5.41) is 1.03. The highest BCUT2D eigenvalue weighted by Crippen LogP contribution is 2.41. The van der Waals surface area contributed by atoms with Gasteiger partial charge in [0.2, 0.25) is 10.0 Å². The standard InChI is InChI=1S/C30H32N2O4S2/c1-23-14-16-27(17-15-23)38(35,36)31-25(20-24-22-32(2)29-13-7-6-12-28(24)29)21-30(18-8-9-19-30)37(33,34)26-10-4-3-5-11-26/h3-17,22,25,31H,18-21H2,1-2H3/t25-/m0/s1. The Kier molecular flexibility index (Phi) is 7.07. The molecule has 0 fully saturated rings. The highest BCUT2D eigenvalue weighted by Gasteiger charge is 2.47. The SMILES string of the molecule is Cc1ccc(S(=O)(=O)N[C@@H](Cc2cn(C)c3ccccc23)CC2(S(=O)(=O)c3ccccc3)CC=CC2)cc1. The minimum atomic E-state index is -3.89. The number of sulfone groups is 1. The number of sulfonamides is 1. The van der Waals surface area contributed by atoms with Gasteiger partial charge in [-0.1, -0.05) is 66.2 Å². The van der Waals surface area contributed by atoms with Crippen LogP contribution in [0.1, 0.15) is 30.4 Å². The summed E-state index contributed by atoms with van der Waals surface area (Å²) < 4.78 is 58.9. The highest BCUT2D eigenvalue weighted by molar-refractivity contribution is 7.93. The normalized spacial score (nSPS) is 16.2. The second-order valence-corrected chi connectivity index (χ2v) is 14.3. The van der Waals surface area contributed by atoms with Crippen molar-refractivity contribution in [2.24, 2.45) is 7.05 Å². The van der Waals surface area contributed by atoms with Gasteiger partial charge in [0.05, 0.1) is 14.5 Å². The number of para-hydroxylation sites is 1. The van der Waals surface area contributed by atoms with Crippen molar-refractivity contribution < 1.29 is 16.8 Å². The maximum Gasteiger partial charge on any atom is 0.240 e. The molecule has 0 saturated heterocycles. The fourth-order valence-electron chi connectivity index (χ4n) is 5.49. The van der Waals surface area contributed by atoms with Crippen LogP contribution in [0.3, 0.4) is 0 Å². The van der Waals surface area contributed by atoms with Crippen molar-refractivity contribution in [2.75, 3.05) is 0 Å². The van der Waals surface area contributed by atoms with Crippen molar-refractivity contribution in [2.45, 2.75) is 53.2 Å². The third-order valence-corrected chi connectivity index (χ3v) is 11.6. The molecule has 1 aliphatic carbocycles.